The van der Waals surface area contributed by atoms with E-state index in [1.54, 1.807) is 37.3 Å². The molecule has 0 radical (unpaired) electrons. The highest BCUT2D eigenvalue weighted by atomic mass is 16.6. The third kappa shape index (κ3) is 6.97. The number of rotatable bonds is 12. The smallest absolute Gasteiger partial charge is 0.319 e. The topological polar surface area (TPSA) is 90.7 Å². The number of nitro groups is 1. The first-order chi connectivity index (χ1) is 18.5. The molecular weight excluding hydrogens is 480 g/mol. The van der Waals surface area contributed by atoms with Gasteiger partial charge >= 0.3 is 5.69 Å². The maximum absolute atomic E-state index is 12.8. The van der Waals surface area contributed by atoms with Crippen molar-refractivity contribution in [1.82, 2.24) is 0 Å². The molecular formula is C31H30N2O5. The zero-order valence-electron chi connectivity index (χ0n) is 21.3. The SMILES string of the molecule is Cc1c(NC(=O)c2ccccc2)cc(OCc2ccccc2)c(OCCCCc2ccccc2)c1[N+](=O)[O-]. The van der Waals surface area contributed by atoms with Crippen molar-refractivity contribution < 1.29 is 19.2 Å². The van der Waals surface area contributed by atoms with Crippen molar-refractivity contribution >= 4 is 17.3 Å². The monoisotopic (exact) mass is 510 g/mol. The number of unbranched alkanes of at least 4 members (excludes halogenated alkanes) is 1. The van der Waals surface area contributed by atoms with E-state index in [0.29, 0.717) is 23.4 Å². The summed E-state index contributed by atoms with van der Waals surface area (Å²) in [6, 6.07) is 29.9. The van der Waals surface area contributed by atoms with Crippen molar-refractivity contribution in [3.8, 4) is 11.5 Å². The second-order valence-corrected chi connectivity index (χ2v) is 8.87. The summed E-state index contributed by atoms with van der Waals surface area (Å²) < 4.78 is 12.0. The highest BCUT2D eigenvalue weighted by Crippen LogP contribution is 2.44. The Balaban J connectivity index is 1.58. The van der Waals surface area contributed by atoms with E-state index < -0.39 is 4.92 Å². The molecule has 4 aromatic carbocycles. The average molecular weight is 511 g/mol. The fraction of sp³-hybridized carbons (Fsp3) is 0.194. The number of hydrogen-bond donors (Lipinski definition) is 1. The van der Waals surface area contributed by atoms with E-state index in [0.717, 1.165) is 24.8 Å². The van der Waals surface area contributed by atoms with Crippen molar-refractivity contribution in [3.63, 3.8) is 0 Å². The molecule has 0 heterocycles. The molecule has 7 heteroatoms. The number of anilines is 1. The van der Waals surface area contributed by atoms with Crippen LogP contribution in [0, 0.1) is 17.0 Å². The van der Waals surface area contributed by atoms with Gasteiger partial charge in [-0.1, -0.05) is 78.9 Å². The second kappa shape index (κ2) is 13.1. The van der Waals surface area contributed by atoms with E-state index in [2.05, 4.69) is 17.4 Å². The molecule has 0 aliphatic rings. The Kier molecular flexibility index (Phi) is 9.07. The number of nitro benzene ring substituents is 1. The largest absolute Gasteiger partial charge is 0.485 e. The van der Waals surface area contributed by atoms with Crippen LogP contribution in [-0.4, -0.2) is 17.4 Å². The summed E-state index contributed by atoms with van der Waals surface area (Å²) in [6.07, 6.45) is 2.49. The Hall–Kier alpha value is -4.65. The van der Waals surface area contributed by atoms with Crippen LogP contribution >= 0.6 is 0 Å². The van der Waals surface area contributed by atoms with E-state index in [-0.39, 0.29) is 29.7 Å². The van der Waals surface area contributed by atoms with Crippen LogP contribution < -0.4 is 14.8 Å². The Labute approximate surface area is 222 Å². The first-order valence-electron chi connectivity index (χ1n) is 12.5. The minimum atomic E-state index is -0.484. The Morgan fingerprint density at radius 1 is 0.842 bits per heavy atom. The number of amides is 1. The van der Waals surface area contributed by atoms with Gasteiger partial charge in [0.1, 0.15) is 6.61 Å². The molecule has 7 nitrogen and oxygen atoms in total. The maximum atomic E-state index is 12.8. The summed E-state index contributed by atoms with van der Waals surface area (Å²) in [5.41, 5.74) is 2.96. The number of nitrogens with one attached hydrogen (secondary N) is 1. The zero-order valence-corrected chi connectivity index (χ0v) is 21.3. The standard InChI is InChI=1S/C31H30N2O5/c1-23-27(32-31(34)26-18-9-4-10-19-26)21-28(38-22-25-16-7-3-8-17-25)30(29(23)33(35)36)37-20-12-11-15-24-13-5-2-6-14-24/h2-10,13-14,16-19,21H,11-12,15,20,22H2,1H3,(H,32,34). The van der Waals surface area contributed by atoms with Crippen LogP contribution in [0.1, 0.15) is 39.9 Å². The molecule has 4 rings (SSSR count). The minimum Gasteiger partial charge on any atom is -0.485 e. The van der Waals surface area contributed by atoms with Crippen molar-refractivity contribution in [3.05, 3.63) is 129 Å². The van der Waals surface area contributed by atoms with Crippen LogP contribution in [0.5, 0.6) is 11.5 Å². The average Bonchev–Trinajstić information content (AvgIpc) is 2.94. The van der Waals surface area contributed by atoms with Gasteiger partial charge in [-0.3, -0.25) is 14.9 Å². The van der Waals surface area contributed by atoms with Gasteiger partial charge in [0.05, 0.1) is 22.8 Å². The van der Waals surface area contributed by atoms with Crippen LogP contribution in [0.15, 0.2) is 97.1 Å². The fourth-order valence-corrected chi connectivity index (χ4v) is 4.09. The van der Waals surface area contributed by atoms with E-state index in [4.69, 9.17) is 9.47 Å². The van der Waals surface area contributed by atoms with E-state index in [1.807, 2.05) is 54.6 Å². The molecule has 0 spiro atoms. The lowest BCUT2D eigenvalue weighted by atomic mass is 10.1. The molecule has 38 heavy (non-hydrogen) atoms. The highest BCUT2D eigenvalue weighted by molar-refractivity contribution is 6.05. The predicted molar refractivity (Wildman–Crippen MR) is 148 cm³/mol. The van der Waals surface area contributed by atoms with Gasteiger partial charge in [-0.2, -0.15) is 0 Å². The third-order valence-electron chi connectivity index (χ3n) is 6.13. The summed E-state index contributed by atoms with van der Waals surface area (Å²) >= 11 is 0. The molecule has 0 saturated carbocycles. The molecule has 0 aliphatic heterocycles. The Morgan fingerprint density at radius 3 is 2.08 bits per heavy atom. The minimum absolute atomic E-state index is 0.0702. The van der Waals surface area contributed by atoms with Gasteiger partial charge in [0, 0.05) is 11.6 Å². The summed E-state index contributed by atoms with van der Waals surface area (Å²) in [5.74, 6) is -0.0926. The van der Waals surface area contributed by atoms with Crippen LogP contribution in [0.2, 0.25) is 0 Å². The molecule has 1 amide bonds. The lowest BCUT2D eigenvalue weighted by Crippen LogP contribution is -2.14. The van der Waals surface area contributed by atoms with Gasteiger partial charge in [-0.05, 0) is 49.4 Å². The molecule has 0 bridgehead atoms. The Bertz CT molecular complexity index is 1360. The van der Waals surface area contributed by atoms with Gasteiger partial charge in [0.15, 0.2) is 5.75 Å². The number of carbonyl (C=O) groups excluding carboxylic acids is 1. The first kappa shape index (κ1) is 26.4. The highest BCUT2D eigenvalue weighted by Gasteiger charge is 2.28. The quantitative estimate of drug-likeness (QED) is 0.124. The predicted octanol–water partition coefficient (Wildman–Crippen LogP) is 7.14. The molecule has 0 aliphatic carbocycles. The van der Waals surface area contributed by atoms with E-state index in [1.165, 1.54) is 5.56 Å². The summed E-state index contributed by atoms with van der Waals surface area (Å²) in [6.45, 7) is 2.09. The number of carbonyl (C=O) groups is 1. The summed E-state index contributed by atoms with van der Waals surface area (Å²) in [7, 11) is 0. The second-order valence-electron chi connectivity index (χ2n) is 8.87. The van der Waals surface area contributed by atoms with Gasteiger partial charge < -0.3 is 14.8 Å². The third-order valence-corrected chi connectivity index (χ3v) is 6.13. The summed E-state index contributed by atoms with van der Waals surface area (Å²) in [4.78, 5) is 24.6. The van der Waals surface area contributed by atoms with Crippen molar-refractivity contribution in [2.24, 2.45) is 0 Å². The van der Waals surface area contributed by atoms with Crippen molar-refractivity contribution in [2.75, 3.05) is 11.9 Å². The molecule has 0 unspecified atom stereocenters. The fourth-order valence-electron chi connectivity index (χ4n) is 4.09. The molecule has 0 aromatic heterocycles. The lowest BCUT2D eigenvalue weighted by Gasteiger charge is -2.17. The van der Waals surface area contributed by atoms with Crippen LogP contribution in [-0.2, 0) is 13.0 Å². The molecule has 4 aromatic rings. The number of benzene rings is 4. The van der Waals surface area contributed by atoms with Crippen LogP contribution in [0.25, 0.3) is 0 Å². The lowest BCUT2D eigenvalue weighted by molar-refractivity contribution is -0.386. The normalized spacial score (nSPS) is 10.6. The Morgan fingerprint density at radius 2 is 1.45 bits per heavy atom. The van der Waals surface area contributed by atoms with E-state index in [9.17, 15) is 14.9 Å². The van der Waals surface area contributed by atoms with Crippen LogP contribution in [0.4, 0.5) is 11.4 Å². The number of aryl methyl sites for hydroxylation is 1. The summed E-state index contributed by atoms with van der Waals surface area (Å²) in [5, 5.41) is 15.0. The maximum Gasteiger partial charge on any atom is 0.319 e. The van der Waals surface area contributed by atoms with Crippen LogP contribution in [0.3, 0.4) is 0 Å². The number of hydrogen-bond acceptors (Lipinski definition) is 5. The van der Waals surface area contributed by atoms with E-state index >= 15 is 0 Å². The molecule has 194 valence electrons. The first-order valence-corrected chi connectivity index (χ1v) is 12.5. The van der Waals surface area contributed by atoms with Crippen molar-refractivity contribution in [1.29, 1.82) is 0 Å². The molecule has 0 saturated heterocycles. The molecule has 0 fully saturated rings. The van der Waals surface area contributed by atoms with Gasteiger partial charge in [0.2, 0.25) is 5.75 Å². The molecule has 0 atom stereocenters. The number of ether oxygens (including phenoxy) is 2. The van der Waals surface area contributed by atoms with Crippen molar-refractivity contribution in [2.45, 2.75) is 32.8 Å². The zero-order chi connectivity index (χ0) is 26.7. The molecule has 1 N–H and O–H groups in total. The van der Waals surface area contributed by atoms with Gasteiger partial charge in [-0.15, -0.1) is 0 Å². The van der Waals surface area contributed by atoms with Gasteiger partial charge in [0.25, 0.3) is 5.91 Å². The van der Waals surface area contributed by atoms with Gasteiger partial charge in [-0.25, -0.2) is 0 Å². The number of nitrogens with zero attached hydrogens (tertiary/aromatic N) is 1.